The van der Waals surface area contributed by atoms with Gasteiger partial charge in [0.2, 0.25) is 5.91 Å². The van der Waals surface area contributed by atoms with Crippen molar-refractivity contribution in [2.75, 3.05) is 7.05 Å². The number of fused-ring (bicyclic) bond motifs is 1. The molecule has 3 aromatic rings. The summed E-state index contributed by atoms with van der Waals surface area (Å²) in [6, 6.07) is 10.7. The summed E-state index contributed by atoms with van der Waals surface area (Å²) in [5.41, 5.74) is 1.10. The standard InChI is InChI=1S/C19H23N3OS/c1-20-19(23)11-5-3-2-4-10-18-21-13-15(22-18)17-12-14-8-6-7-9-16(14)24-17/h6-9,12-13H,2-5,10-11H2,1H3,(H,20,23)(H,21,22). The van der Waals surface area contributed by atoms with E-state index in [2.05, 4.69) is 45.6 Å². The number of amides is 1. The first kappa shape index (κ1) is 16.7. The molecule has 1 amide bonds. The molecule has 0 aliphatic carbocycles. The summed E-state index contributed by atoms with van der Waals surface area (Å²) in [6.45, 7) is 0. The van der Waals surface area contributed by atoms with Crippen LogP contribution in [0.15, 0.2) is 36.5 Å². The molecule has 1 aromatic carbocycles. The Morgan fingerprint density at radius 2 is 2.04 bits per heavy atom. The molecule has 0 saturated carbocycles. The fraction of sp³-hybridized carbons (Fsp3) is 0.368. The van der Waals surface area contributed by atoms with Gasteiger partial charge in [-0.05, 0) is 30.4 Å². The summed E-state index contributed by atoms with van der Waals surface area (Å²) in [5, 5.41) is 3.94. The van der Waals surface area contributed by atoms with E-state index in [9.17, 15) is 4.79 Å². The number of hydrogen-bond donors (Lipinski definition) is 2. The van der Waals surface area contributed by atoms with Gasteiger partial charge < -0.3 is 10.3 Å². The van der Waals surface area contributed by atoms with Crippen LogP contribution in [-0.4, -0.2) is 22.9 Å². The van der Waals surface area contributed by atoms with Gasteiger partial charge in [0.1, 0.15) is 5.82 Å². The van der Waals surface area contributed by atoms with Gasteiger partial charge in [-0.25, -0.2) is 4.98 Å². The van der Waals surface area contributed by atoms with E-state index >= 15 is 0 Å². The second kappa shape index (κ2) is 8.11. The fourth-order valence-corrected chi connectivity index (χ4v) is 3.81. The number of aromatic nitrogens is 2. The lowest BCUT2D eigenvalue weighted by atomic mass is 10.1. The zero-order valence-corrected chi connectivity index (χ0v) is 14.8. The molecule has 0 spiro atoms. The Bertz CT molecular complexity index is 773. The summed E-state index contributed by atoms with van der Waals surface area (Å²) in [6.07, 6.45) is 7.83. The average Bonchev–Trinajstić information content (AvgIpc) is 3.23. The lowest BCUT2D eigenvalue weighted by Crippen LogP contribution is -2.16. The number of nitrogens with zero attached hydrogens (tertiary/aromatic N) is 1. The van der Waals surface area contributed by atoms with Gasteiger partial charge in [-0.1, -0.05) is 31.0 Å². The summed E-state index contributed by atoms with van der Waals surface area (Å²) >= 11 is 1.79. The van der Waals surface area contributed by atoms with Crippen LogP contribution >= 0.6 is 11.3 Å². The topological polar surface area (TPSA) is 57.8 Å². The summed E-state index contributed by atoms with van der Waals surface area (Å²) < 4.78 is 1.31. The number of unbranched alkanes of at least 4 members (excludes halogenated alkanes) is 3. The van der Waals surface area contributed by atoms with E-state index in [1.807, 2.05) is 6.20 Å². The third kappa shape index (κ3) is 4.23. The predicted molar refractivity (Wildman–Crippen MR) is 100 cm³/mol. The lowest BCUT2D eigenvalue weighted by Gasteiger charge is -2.00. The first-order valence-corrected chi connectivity index (χ1v) is 9.31. The zero-order valence-electron chi connectivity index (χ0n) is 14.0. The van der Waals surface area contributed by atoms with Gasteiger partial charge in [-0.15, -0.1) is 11.3 Å². The minimum atomic E-state index is 0.133. The fourth-order valence-electron chi connectivity index (χ4n) is 2.79. The van der Waals surface area contributed by atoms with Crippen LogP contribution in [0.1, 0.15) is 37.9 Å². The van der Waals surface area contributed by atoms with E-state index in [0.29, 0.717) is 6.42 Å². The lowest BCUT2D eigenvalue weighted by molar-refractivity contribution is -0.120. The van der Waals surface area contributed by atoms with Crippen LogP contribution in [0.2, 0.25) is 0 Å². The molecule has 0 unspecified atom stereocenters. The molecule has 0 radical (unpaired) electrons. The van der Waals surface area contributed by atoms with E-state index in [4.69, 9.17) is 0 Å². The number of aromatic amines is 1. The number of benzene rings is 1. The Labute approximate surface area is 146 Å². The predicted octanol–water partition coefficient (Wildman–Crippen LogP) is 4.53. The van der Waals surface area contributed by atoms with E-state index in [1.165, 1.54) is 15.0 Å². The van der Waals surface area contributed by atoms with Crippen molar-refractivity contribution in [1.29, 1.82) is 0 Å². The molecule has 4 nitrogen and oxygen atoms in total. The monoisotopic (exact) mass is 341 g/mol. The molecule has 0 atom stereocenters. The second-order valence-corrected chi connectivity index (χ2v) is 7.06. The molecular formula is C19H23N3OS. The van der Waals surface area contributed by atoms with Crippen LogP contribution in [0.5, 0.6) is 0 Å². The quantitative estimate of drug-likeness (QED) is 0.591. The molecule has 0 fully saturated rings. The van der Waals surface area contributed by atoms with Gasteiger partial charge in [-0.3, -0.25) is 4.79 Å². The van der Waals surface area contributed by atoms with Crippen molar-refractivity contribution in [3.63, 3.8) is 0 Å². The Hall–Kier alpha value is -2.14. The van der Waals surface area contributed by atoms with E-state index in [0.717, 1.165) is 43.6 Å². The van der Waals surface area contributed by atoms with Gasteiger partial charge in [-0.2, -0.15) is 0 Å². The summed E-state index contributed by atoms with van der Waals surface area (Å²) in [4.78, 5) is 20.3. The van der Waals surface area contributed by atoms with Crippen molar-refractivity contribution in [3.05, 3.63) is 42.4 Å². The van der Waals surface area contributed by atoms with Crippen molar-refractivity contribution in [3.8, 4) is 10.6 Å². The molecule has 0 aliphatic rings. The van der Waals surface area contributed by atoms with E-state index in [-0.39, 0.29) is 5.91 Å². The maximum absolute atomic E-state index is 11.1. The highest BCUT2D eigenvalue weighted by molar-refractivity contribution is 7.22. The van der Waals surface area contributed by atoms with Crippen LogP contribution in [0.3, 0.4) is 0 Å². The number of H-pyrrole nitrogens is 1. The summed E-state index contributed by atoms with van der Waals surface area (Å²) in [5.74, 6) is 1.18. The van der Waals surface area contributed by atoms with Crippen LogP contribution in [0.4, 0.5) is 0 Å². The number of imidazole rings is 1. The molecule has 24 heavy (non-hydrogen) atoms. The van der Waals surface area contributed by atoms with Gasteiger partial charge in [0, 0.05) is 24.6 Å². The number of rotatable bonds is 8. The van der Waals surface area contributed by atoms with Crippen molar-refractivity contribution in [1.82, 2.24) is 15.3 Å². The van der Waals surface area contributed by atoms with Crippen molar-refractivity contribution in [2.45, 2.75) is 38.5 Å². The van der Waals surface area contributed by atoms with Crippen molar-refractivity contribution in [2.24, 2.45) is 0 Å². The minimum absolute atomic E-state index is 0.133. The molecule has 5 heteroatoms. The number of aryl methyl sites for hydroxylation is 1. The highest BCUT2D eigenvalue weighted by Gasteiger charge is 2.07. The Morgan fingerprint density at radius 3 is 2.88 bits per heavy atom. The van der Waals surface area contributed by atoms with Crippen LogP contribution < -0.4 is 5.32 Å². The molecule has 2 heterocycles. The largest absolute Gasteiger partial charge is 0.359 e. The maximum atomic E-state index is 11.1. The van der Waals surface area contributed by atoms with Crippen LogP contribution in [-0.2, 0) is 11.2 Å². The molecule has 2 aromatic heterocycles. The number of thiophene rings is 1. The van der Waals surface area contributed by atoms with Gasteiger partial charge in [0.25, 0.3) is 0 Å². The first-order chi connectivity index (χ1) is 11.8. The first-order valence-electron chi connectivity index (χ1n) is 8.49. The van der Waals surface area contributed by atoms with Gasteiger partial charge in [0.15, 0.2) is 0 Å². The molecule has 0 saturated heterocycles. The number of carbonyl (C=O) groups is 1. The van der Waals surface area contributed by atoms with Crippen LogP contribution in [0.25, 0.3) is 20.7 Å². The molecule has 0 aliphatic heterocycles. The minimum Gasteiger partial charge on any atom is -0.359 e. The normalized spacial score (nSPS) is 11.0. The van der Waals surface area contributed by atoms with Gasteiger partial charge in [0.05, 0.1) is 16.8 Å². The van der Waals surface area contributed by atoms with Crippen LogP contribution in [0, 0.1) is 0 Å². The molecule has 126 valence electrons. The second-order valence-electron chi connectivity index (χ2n) is 5.98. The third-order valence-electron chi connectivity index (χ3n) is 4.17. The highest BCUT2D eigenvalue weighted by atomic mass is 32.1. The maximum Gasteiger partial charge on any atom is 0.219 e. The summed E-state index contributed by atoms with van der Waals surface area (Å²) in [7, 11) is 1.69. The molecule has 3 rings (SSSR count). The molecule has 2 N–H and O–H groups in total. The smallest absolute Gasteiger partial charge is 0.219 e. The van der Waals surface area contributed by atoms with Crippen molar-refractivity contribution >= 4 is 27.3 Å². The highest BCUT2D eigenvalue weighted by Crippen LogP contribution is 2.32. The molecular weight excluding hydrogens is 318 g/mol. The number of nitrogens with one attached hydrogen (secondary N) is 2. The Balaban J connectivity index is 1.48. The van der Waals surface area contributed by atoms with E-state index < -0.39 is 0 Å². The zero-order chi connectivity index (χ0) is 16.8. The Morgan fingerprint density at radius 1 is 1.21 bits per heavy atom. The van der Waals surface area contributed by atoms with Gasteiger partial charge >= 0.3 is 0 Å². The third-order valence-corrected chi connectivity index (χ3v) is 5.32. The number of carbonyl (C=O) groups excluding carboxylic acids is 1. The van der Waals surface area contributed by atoms with Crippen molar-refractivity contribution < 1.29 is 4.79 Å². The molecule has 0 bridgehead atoms. The van der Waals surface area contributed by atoms with E-state index in [1.54, 1.807) is 18.4 Å². The SMILES string of the molecule is CNC(=O)CCCCCCc1ncc(-c2cc3ccccc3s2)[nH]1. The Kier molecular flexibility index (Phi) is 5.64. The average molecular weight is 341 g/mol. The number of hydrogen-bond acceptors (Lipinski definition) is 3.